The first-order chi connectivity index (χ1) is 10.9. The minimum absolute atomic E-state index is 0.424. The highest BCUT2D eigenvalue weighted by Crippen LogP contribution is 2.29. The highest BCUT2D eigenvalue weighted by Gasteiger charge is 2.17. The minimum Gasteiger partial charge on any atom is -0.333 e. The van der Waals surface area contributed by atoms with Crippen molar-refractivity contribution in [1.82, 2.24) is 0 Å². The van der Waals surface area contributed by atoms with E-state index in [1.165, 1.54) is 0 Å². The molecule has 2 rings (SSSR count). The molecule has 0 unspecified atom stereocenters. The molecule has 0 amide bonds. The molecule has 2 aromatic carbocycles. The lowest BCUT2D eigenvalue weighted by Crippen LogP contribution is -2.03. The molecule has 0 aromatic heterocycles. The van der Waals surface area contributed by atoms with Crippen LogP contribution in [0.5, 0.6) is 0 Å². The van der Waals surface area contributed by atoms with Crippen LogP contribution in [0.4, 0.5) is 0 Å². The minimum atomic E-state index is 0.424. The van der Waals surface area contributed by atoms with Crippen molar-refractivity contribution in [2.24, 2.45) is 0 Å². The maximum atomic E-state index is 5.47. The fraction of sp³-hybridized carbons (Fsp3) is 0.222. The van der Waals surface area contributed by atoms with Crippen LogP contribution >= 0.6 is 0 Å². The third-order valence-corrected chi connectivity index (χ3v) is 2.80. The molecule has 0 heterocycles. The van der Waals surface area contributed by atoms with Gasteiger partial charge in [0.2, 0.25) is 11.5 Å². The van der Waals surface area contributed by atoms with Crippen molar-refractivity contribution in [1.29, 1.82) is 0 Å². The van der Waals surface area contributed by atoms with Crippen LogP contribution in [-0.4, -0.2) is 13.2 Å². The van der Waals surface area contributed by atoms with E-state index >= 15 is 0 Å². The summed E-state index contributed by atoms with van der Waals surface area (Å²) in [5.74, 6) is 0.948. The molecule has 0 aliphatic carbocycles. The van der Waals surface area contributed by atoms with Gasteiger partial charge < -0.3 is 9.78 Å². The summed E-state index contributed by atoms with van der Waals surface area (Å²) in [6.07, 6.45) is 0. The van der Waals surface area contributed by atoms with E-state index in [-0.39, 0.29) is 0 Å². The second kappa shape index (κ2) is 8.87. The maximum Gasteiger partial charge on any atom is 0.219 e. The van der Waals surface area contributed by atoms with Gasteiger partial charge in [-0.15, -0.1) is 0 Å². The molecule has 0 saturated heterocycles. The van der Waals surface area contributed by atoms with Crippen LogP contribution in [0.15, 0.2) is 60.7 Å². The van der Waals surface area contributed by atoms with Crippen LogP contribution in [0.2, 0.25) is 0 Å². The average Bonchev–Trinajstić information content (AvgIpc) is 2.59. The quantitative estimate of drug-likeness (QED) is 0.312. The summed E-state index contributed by atoms with van der Waals surface area (Å²) in [4.78, 5) is 21.2. The predicted molar refractivity (Wildman–Crippen MR) is 85.1 cm³/mol. The standard InChI is InChI=1S/C18H20O4/c1-3-19-21-17(15-11-7-5-8-12-15)18(22-20-4-2)16-13-9-6-10-14-16/h5-14H,3-4H2,1-2H3. The van der Waals surface area contributed by atoms with E-state index in [1.807, 2.05) is 74.5 Å². The molecule has 22 heavy (non-hydrogen) atoms. The molecule has 116 valence electrons. The van der Waals surface area contributed by atoms with Gasteiger partial charge in [-0.3, -0.25) is 0 Å². The normalized spacial score (nSPS) is 11.7. The Kier molecular flexibility index (Phi) is 6.48. The van der Waals surface area contributed by atoms with Crippen molar-refractivity contribution in [2.75, 3.05) is 13.2 Å². The molecule has 0 atom stereocenters. The maximum absolute atomic E-state index is 5.47. The molecule has 4 heteroatoms. The number of hydrogen-bond donors (Lipinski definition) is 0. The number of rotatable bonds is 8. The van der Waals surface area contributed by atoms with Gasteiger partial charge in [0.15, 0.2) is 0 Å². The van der Waals surface area contributed by atoms with Gasteiger partial charge in [0.1, 0.15) is 0 Å². The smallest absolute Gasteiger partial charge is 0.219 e. The van der Waals surface area contributed by atoms with Gasteiger partial charge in [-0.2, -0.15) is 9.78 Å². The van der Waals surface area contributed by atoms with Crippen LogP contribution in [-0.2, 0) is 19.6 Å². The zero-order chi connectivity index (χ0) is 15.6. The van der Waals surface area contributed by atoms with Gasteiger partial charge in [0.05, 0.1) is 13.2 Å². The summed E-state index contributed by atoms with van der Waals surface area (Å²) in [6.45, 7) is 4.56. The van der Waals surface area contributed by atoms with Crippen molar-refractivity contribution in [3.63, 3.8) is 0 Å². The molecule has 0 aliphatic heterocycles. The molecule has 0 saturated carbocycles. The third-order valence-electron chi connectivity index (χ3n) is 2.80. The summed E-state index contributed by atoms with van der Waals surface area (Å²) in [6, 6.07) is 19.3. The number of hydrogen-bond acceptors (Lipinski definition) is 4. The summed E-state index contributed by atoms with van der Waals surface area (Å²) in [7, 11) is 0. The van der Waals surface area contributed by atoms with Crippen LogP contribution in [0.1, 0.15) is 25.0 Å². The molecule has 0 aliphatic rings. The van der Waals surface area contributed by atoms with E-state index in [2.05, 4.69) is 0 Å². The fourth-order valence-electron chi connectivity index (χ4n) is 1.85. The Morgan fingerprint density at radius 2 is 1.00 bits per heavy atom. The van der Waals surface area contributed by atoms with Crippen molar-refractivity contribution >= 4 is 11.5 Å². The van der Waals surface area contributed by atoms with Crippen molar-refractivity contribution in [3.05, 3.63) is 71.8 Å². The lowest BCUT2D eigenvalue weighted by atomic mass is 10.1. The second-order valence-electron chi connectivity index (χ2n) is 4.37. The zero-order valence-electron chi connectivity index (χ0n) is 12.8. The van der Waals surface area contributed by atoms with Crippen LogP contribution < -0.4 is 0 Å². The Morgan fingerprint density at radius 1 is 0.636 bits per heavy atom. The fourth-order valence-corrected chi connectivity index (χ4v) is 1.85. The molecule has 4 nitrogen and oxygen atoms in total. The lowest BCUT2D eigenvalue weighted by Gasteiger charge is -2.14. The van der Waals surface area contributed by atoms with Crippen LogP contribution in [0, 0.1) is 0 Å². The number of benzene rings is 2. The van der Waals surface area contributed by atoms with Gasteiger partial charge in [-0.05, 0) is 13.8 Å². The van der Waals surface area contributed by atoms with Gasteiger partial charge in [0, 0.05) is 11.1 Å². The monoisotopic (exact) mass is 300 g/mol. The van der Waals surface area contributed by atoms with Gasteiger partial charge >= 0.3 is 0 Å². The summed E-state index contributed by atoms with van der Waals surface area (Å²) in [5.41, 5.74) is 1.68. The Labute approximate surface area is 130 Å². The van der Waals surface area contributed by atoms with E-state index in [0.717, 1.165) is 11.1 Å². The molecule has 0 spiro atoms. The molecule has 0 radical (unpaired) electrons. The Hall–Kier alpha value is -2.30. The van der Waals surface area contributed by atoms with Gasteiger partial charge in [-0.25, -0.2) is 0 Å². The van der Waals surface area contributed by atoms with E-state index < -0.39 is 0 Å². The molecule has 2 aromatic rings. The first-order valence-corrected chi connectivity index (χ1v) is 7.30. The Balaban J connectivity index is 2.48. The highest BCUT2D eigenvalue weighted by molar-refractivity contribution is 5.83. The lowest BCUT2D eigenvalue weighted by molar-refractivity contribution is -0.246. The highest BCUT2D eigenvalue weighted by atomic mass is 17.2. The van der Waals surface area contributed by atoms with Crippen LogP contribution in [0.25, 0.3) is 11.5 Å². The first-order valence-electron chi connectivity index (χ1n) is 7.30. The largest absolute Gasteiger partial charge is 0.333 e. The van der Waals surface area contributed by atoms with Crippen molar-refractivity contribution < 1.29 is 19.6 Å². The van der Waals surface area contributed by atoms with Crippen LogP contribution in [0.3, 0.4) is 0 Å². The SMILES string of the molecule is CCOOC(=C(OOCC)c1ccccc1)c1ccccc1. The van der Waals surface area contributed by atoms with Gasteiger partial charge in [0.25, 0.3) is 0 Å². The molecule has 0 fully saturated rings. The van der Waals surface area contributed by atoms with Gasteiger partial charge in [-0.1, -0.05) is 60.7 Å². The molecule has 0 bridgehead atoms. The van der Waals surface area contributed by atoms with E-state index in [4.69, 9.17) is 19.6 Å². The predicted octanol–water partition coefficient (Wildman–Crippen LogP) is 4.45. The van der Waals surface area contributed by atoms with E-state index in [0.29, 0.717) is 24.7 Å². The topological polar surface area (TPSA) is 36.9 Å². The first kappa shape index (κ1) is 16.1. The third kappa shape index (κ3) is 4.35. The van der Waals surface area contributed by atoms with E-state index in [1.54, 1.807) is 0 Å². The second-order valence-corrected chi connectivity index (χ2v) is 4.37. The average molecular weight is 300 g/mol. The van der Waals surface area contributed by atoms with Crippen molar-refractivity contribution in [2.45, 2.75) is 13.8 Å². The molecule has 0 N–H and O–H groups in total. The Morgan fingerprint density at radius 3 is 1.32 bits per heavy atom. The molecular weight excluding hydrogens is 280 g/mol. The Bertz CT molecular complexity index is 525. The summed E-state index contributed by atoms with van der Waals surface area (Å²) in [5, 5.41) is 0. The van der Waals surface area contributed by atoms with E-state index in [9.17, 15) is 0 Å². The zero-order valence-corrected chi connectivity index (χ0v) is 12.8. The van der Waals surface area contributed by atoms with Crippen molar-refractivity contribution in [3.8, 4) is 0 Å². The summed E-state index contributed by atoms with van der Waals surface area (Å²) < 4.78 is 0. The summed E-state index contributed by atoms with van der Waals surface area (Å²) >= 11 is 0. The molecular formula is C18H20O4.